The van der Waals surface area contributed by atoms with Gasteiger partial charge >= 0.3 is 0 Å². The SMILES string of the molecule is Cc1nn(C)c(OC2CCC(C)CC2)c1CCl. The molecular formula is C13H21ClN2O. The van der Waals surface area contributed by atoms with Crippen molar-refractivity contribution in [2.75, 3.05) is 0 Å². The van der Waals surface area contributed by atoms with Crippen molar-refractivity contribution in [3.63, 3.8) is 0 Å². The van der Waals surface area contributed by atoms with Crippen molar-refractivity contribution < 1.29 is 4.74 Å². The van der Waals surface area contributed by atoms with Gasteiger partial charge < -0.3 is 4.74 Å². The Morgan fingerprint density at radius 2 is 2.00 bits per heavy atom. The Kier molecular flexibility index (Phi) is 3.97. The molecule has 2 rings (SSSR count). The number of aromatic nitrogens is 2. The molecule has 0 spiro atoms. The highest BCUT2D eigenvalue weighted by atomic mass is 35.5. The Hall–Kier alpha value is -0.700. The molecule has 0 aliphatic heterocycles. The monoisotopic (exact) mass is 256 g/mol. The molecule has 3 nitrogen and oxygen atoms in total. The van der Waals surface area contributed by atoms with Crippen LogP contribution >= 0.6 is 11.6 Å². The van der Waals surface area contributed by atoms with Crippen LogP contribution in [0.25, 0.3) is 0 Å². The minimum atomic E-state index is 0.336. The van der Waals surface area contributed by atoms with Crippen LogP contribution in [0.5, 0.6) is 5.88 Å². The van der Waals surface area contributed by atoms with Crippen molar-refractivity contribution in [3.05, 3.63) is 11.3 Å². The van der Waals surface area contributed by atoms with Crippen LogP contribution in [0.2, 0.25) is 0 Å². The smallest absolute Gasteiger partial charge is 0.216 e. The Bertz CT molecular complexity index is 381. The van der Waals surface area contributed by atoms with E-state index in [-0.39, 0.29) is 0 Å². The van der Waals surface area contributed by atoms with Crippen LogP contribution in [0.4, 0.5) is 0 Å². The van der Waals surface area contributed by atoms with E-state index in [0.717, 1.165) is 35.9 Å². The molecule has 1 saturated carbocycles. The van der Waals surface area contributed by atoms with Gasteiger partial charge in [-0.2, -0.15) is 5.10 Å². The summed E-state index contributed by atoms with van der Waals surface area (Å²) in [5.74, 6) is 2.17. The van der Waals surface area contributed by atoms with Gasteiger partial charge in [0.2, 0.25) is 5.88 Å². The van der Waals surface area contributed by atoms with Gasteiger partial charge in [-0.25, -0.2) is 4.68 Å². The summed E-state index contributed by atoms with van der Waals surface area (Å²) in [5.41, 5.74) is 2.01. The lowest BCUT2D eigenvalue weighted by molar-refractivity contribution is 0.124. The lowest BCUT2D eigenvalue weighted by atomic mass is 9.89. The maximum absolute atomic E-state index is 6.09. The lowest BCUT2D eigenvalue weighted by Crippen LogP contribution is -2.24. The Morgan fingerprint density at radius 3 is 2.59 bits per heavy atom. The molecule has 0 amide bonds. The largest absolute Gasteiger partial charge is 0.474 e. The Morgan fingerprint density at radius 1 is 1.35 bits per heavy atom. The lowest BCUT2D eigenvalue weighted by Gasteiger charge is -2.27. The normalized spacial score (nSPS) is 24.9. The predicted octanol–water partition coefficient (Wildman–Crippen LogP) is 3.42. The van der Waals surface area contributed by atoms with Gasteiger partial charge in [0.05, 0.1) is 17.1 Å². The van der Waals surface area contributed by atoms with E-state index < -0.39 is 0 Å². The van der Waals surface area contributed by atoms with E-state index in [9.17, 15) is 0 Å². The standard InChI is InChI=1S/C13H21ClN2O/c1-9-4-6-11(7-5-9)17-13-12(8-14)10(2)15-16(13)3/h9,11H,4-8H2,1-3H3. The quantitative estimate of drug-likeness (QED) is 0.775. The molecular weight excluding hydrogens is 236 g/mol. The predicted molar refractivity (Wildman–Crippen MR) is 69.6 cm³/mol. The third-order valence-electron chi connectivity index (χ3n) is 3.66. The summed E-state index contributed by atoms with van der Waals surface area (Å²) >= 11 is 5.96. The molecule has 0 unspecified atom stereocenters. The summed E-state index contributed by atoms with van der Waals surface area (Å²) in [6, 6.07) is 0. The maximum Gasteiger partial charge on any atom is 0.216 e. The van der Waals surface area contributed by atoms with Crippen molar-refractivity contribution in [2.24, 2.45) is 13.0 Å². The molecule has 1 aliphatic rings. The zero-order valence-corrected chi connectivity index (χ0v) is 11.6. The second-order valence-electron chi connectivity index (χ2n) is 5.13. The van der Waals surface area contributed by atoms with Crippen molar-refractivity contribution in [3.8, 4) is 5.88 Å². The number of halogens is 1. The fraction of sp³-hybridized carbons (Fsp3) is 0.769. The molecule has 1 heterocycles. The van der Waals surface area contributed by atoms with Gasteiger partial charge in [-0.15, -0.1) is 11.6 Å². The average molecular weight is 257 g/mol. The Labute approximate surface area is 108 Å². The van der Waals surface area contributed by atoms with Gasteiger partial charge in [-0.1, -0.05) is 6.92 Å². The fourth-order valence-electron chi connectivity index (χ4n) is 2.49. The molecule has 1 aromatic heterocycles. The van der Waals surface area contributed by atoms with Gasteiger partial charge in [0.1, 0.15) is 6.10 Å². The molecule has 0 saturated heterocycles. The van der Waals surface area contributed by atoms with E-state index in [1.807, 2.05) is 18.7 Å². The minimum absolute atomic E-state index is 0.336. The second-order valence-corrected chi connectivity index (χ2v) is 5.39. The summed E-state index contributed by atoms with van der Waals surface area (Å²) in [6.07, 6.45) is 5.15. The number of aryl methyl sites for hydroxylation is 2. The number of nitrogens with zero attached hydrogens (tertiary/aromatic N) is 2. The van der Waals surface area contributed by atoms with Crippen LogP contribution in [0.1, 0.15) is 43.9 Å². The first kappa shape index (κ1) is 12.7. The molecule has 0 bridgehead atoms. The van der Waals surface area contributed by atoms with E-state index in [1.165, 1.54) is 12.8 Å². The summed E-state index contributed by atoms with van der Waals surface area (Å²) in [6.45, 7) is 4.29. The second kappa shape index (κ2) is 5.30. The maximum atomic E-state index is 6.09. The number of rotatable bonds is 3. The molecule has 1 fully saturated rings. The van der Waals surface area contributed by atoms with Gasteiger partial charge in [0.25, 0.3) is 0 Å². The van der Waals surface area contributed by atoms with Crippen LogP contribution < -0.4 is 4.74 Å². The number of ether oxygens (including phenoxy) is 1. The van der Waals surface area contributed by atoms with E-state index in [1.54, 1.807) is 0 Å². The molecule has 0 N–H and O–H groups in total. The number of hydrogen-bond acceptors (Lipinski definition) is 2. The molecule has 1 aliphatic carbocycles. The highest BCUT2D eigenvalue weighted by Crippen LogP contribution is 2.30. The summed E-state index contributed by atoms with van der Waals surface area (Å²) in [5, 5.41) is 4.37. The highest BCUT2D eigenvalue weighted by molar-refractivity contribution is 6.17. The summed E-state index contributed by atoms with van der Waals surface area (Å²) in [4.78, 5) is 0. The van der Waals surface area contributed by atoms with Crippen LogP contribution in [-0.2, 0) is 12.9 Å². The van der Waals surface area contributed by atoms with E-state index in [4.69, 9.17) is 16.3 Å². The molecule has 17 heavy (non-hydrogen) atoms. The van der Waals surface area contributed by atoms with Crippen molar-refractivity contribution >= 4 is 11.6 Å². The van der Waals surface area contributed by atoms with Crippen molar-refractivity contribution in [2.45, 2.75) is 51.5 Å². The molecule has 4 heteroatoms. The number of alkyl halides is 1. The third-order valence-corrected chi connectivity index (χ3v) is 3.93. The van der Waals surface area contributed by atoms with Crippen LogP contribution in [0.3, 0.4) is 0 Å². The van der Waals surface area contributed by atoms with E-state index in [2.05, 4.69) is 12.0 Å². The summed E-state index contributed by atoms with van der Waals surface area (Å²) < 4.78 is 7.90. The van der Waals surface area contributed by atoms with E-state index >= 15 is 0 Å². The van der Waals surface area contributed by atoms with Crippen molar-refractivity contribution in [1.29, 1.82) is 0 Å². The van der Waals surface area contributed by atoms with Crippen molar-refractivity contribution in [1.82, 2.24) is 9.78 Å². The van der Waals surface area contributed by atoms with Gasteiger partial charge in [0, 0.05) is 7.05 Å². The van der Waals surface area contributed by atoms with Crippen LogP contribution in [0, 0.1) is 12.8 Å². The Balaban J connectivity index is 2.08. The van der Waals surface area contributed by atoms with Crippen LogP contribution in [-0.4, -0.2) is 15.9 Å². The topological polar surface area (TPSA) is 27.1 Å². The van der Waals surface area contributed by atoms with Gasteiger partial charge in [-0.05, 0) is 38.5 Å². The average Bonchev–Trinajstić information content (AvgIpc) is 2.57. The fourth-order valence-corrected chi connectivity index (χ4v) is 2.80. The number of hydrogen-bond donors (Lipinski definition) is 0. The zero-order chi connectivity index (χ0) is 12.4. The molecule has 1 aromatic rings. The molecule has 0 atom stereocenters. The zero-order valence-electron chi connectivity index (χ0n) is 10.9. The highest BCUT2D eigenvalue weighted by Gasteiger charge is 2.22. The first-order chi connectivity index (χ1) is 8.11. The summed E-state index contributed by atoms with van der Waals surface area (Å²) in [7, 11) is 1.92. The van der Waals surface area contributed by atoms with Gasteiger partial charge in [-0.3, -0.25) is 0 Å². The van der Waals surface area contributed by atoms with Gasteiger partial charge in [0.15, 0.2) is 0 Å². The molecule has 0 aromatic carbocycles. The molecule has 96 valence electrons. The minimum Gasteiger partial charge on any atom is -0.474 e. The molecule has 0 radical (unpaired) electrons. The van der Waals surface area contributed by atoms with E-state index in [0.29, 0.717) is 12.0 Å². The van der Waals surface area contributed by atoms with Crippen LogP contribution in [0.15, 0.2) is 0 Å². The first-order valence-electron chi connectivity index (χ1n) is 6.37. The first-order valence-corrected chi connectivity index (χ1v) is 6.90. The third kappa shape index (κ3) is 2.76.